The van der Waals surface area contributed by atoms with E-state index in [1.807, 2.05) is 0 Å². The van der Waals surface area contributed by atoms with Gasteiger partial charge in [0, 0.05) is 19.1 Å². The van der Waals surface area contributed by atoms with Crippen LogP contribution in [0.1, 0.15) is 32.1 Å². The molecule has 1 heterocycles. The summed E-state index contributed by atoms with van der Waals surface area (Å²) >= 11 is 0. The maximum Gasteiger partial charge on any atom is 0.214 e. The standard InChI is InChI=1S/C12H22N2O2S.ClH/c13-12-4-3-10-7-14(8-11(10)12)17(15,16)6-5-9-1-2-9;/h9-12H,1-8,13H2;1H. The first-order valence-corrected chi connectivity index (χ1v) is 8.40. The van der Waals surface area contributed by atoms with Crippen LogP contribution in [0.5, 0.6) is 0 Å². The Bertz CT molecular complexity index is 397. The van der Waals surface area contributed by atoms with Crippen molar-refractivity contribution in [1.29, 1.82) is 0 Å². The van der Waals surface area contributed by atoms with Crippen molar-refractivity contribution in [1.82, 2.24) is 4.31 Å². The van der Waals surface area contributed by atoms with Crippen LogP contribution in [-0.2, 0) is 10.0 Å². The number of rotatable bonds is 4. The topological polar surface area (TPSA) is 63.4 Å². The second-order valence-corrected chi connectivity index (χ2v) is 8.12. The van der Waals surface area contributed by atoms with Gasteiger partial charge in [0.25, 0.3) is 0 Å². The number of nitrogens with zero attached hydrogens (tertiary/aromatic N) is 1. The lowest BCUT2D eigenvalue weighted by molar-refractivity contribution is 0.426. The van der Waals surface area contributed by atoms with Gasteiger partial charge in [-0.1, -0.05) is 12.8 Å². The summed E-state index contributed by atoms with van der Waals surface area (Å²) in [7, 11) is -3.00. The van der Waals surface area contributed by atoms with E-state index >= 15 is 0 Å². The van der Waals surface area contributed by atoms with E-state index in [2.05, 4.69) is 0 Å². The molecule has 2 saturated carbocycles. The molecule has 0 aromatic carbocycles. The molecular weight excluding hydrogens is 272 g/mol. The molecule has 18 heavy (non-hydrogen) atoms. The fraction of sp³-hybridized carbons (Fsp3) is 1.00. The Hall–Kier alpha value is 0.160. The van der Waals surface area contributed by atoms with Crippen LogP contribution in [0.2, 0.25) is 0 Å². The molecule has 1 saturated heterocycles. The Morgan fingerprint density at radius 1 is 1.11 bits per heavy atom. The molecule has 0 radical (unpaired) electrons. The number of hydrogen-bond acceptors (Lipinski definition) is 3. The molecule has 3 atom stereocenters. The van der Waals surface area contributed by atoms with Crippen molar-refractivity contribution >= 4 is 22.4 Å². The summed E-state index contributed by atoms with van der Waals surface area (Å²) in [5, 5.41) is 0. The fourth-order valence-electron chi connectivity index (χ4n) is 3.34. The van der Waals surface area contributed by atoms with Gasteiger partial charge in [-0.2, -0.15) is 0 Å². The summed E-state index contributed by atoms with van der Waals surface area (Å²) in [6, 6.07) is 0.226. The van der Waals surface area contributed by atoms with Crippen LogP contribution in [0.4, 0.5) is 0 Å². The van der Waals surface area contributed by atoms with E-state index < -0.39 is 10.0 Å². The first-order valence-electron chi connectivity index (χ1n) is 6.79. The average molecular weight is 295 g/mol. The van der Waals surface area contributed by atoms with Crippen molar-refractivity contribution in [3.63, 3.8) is 0 Å². The predicted octanol–water partition coefficient (Wildman–Crippen LogP) is 1.21. The third-order valence-electron chi connectivity index (χ3n) is 4.75. The summed E-state index contributed by atoms with van der Waals surface area (Å²) in [5.74, 6) is 1.99. The van der Waals surface area contributed by atoms with E-state index in [9.17, 15) is 8.42 Å². The molecule has 0 amide bonds. The maximum atomic E-state index is 12.2. The van der Waals surface area contributed by atoms with Crippen LogP contribution >= 0.6 is 12.4 Å². The third kappa shape index (κ3) is 2.84. The van der Waals surface area contributed by atoms with Crippen LogP contribution in [0.3, 0.4) is 0 Å². The Labute approximate surface area is 116 Å². The Morgan fingerprint density at radius 2 is 1.83 bits per heavy atom. The van der Waals surface area contributed by atoms with E-state index in [1.54, 1.807) is 4.31 Å². The molecule has 2 N–H and O–H groups in total. The number of hydrogen-bond donors (Lipinski definition) is 1. The van der Waals surface area contributed by atoms with E-state index in [4.69, 9.17) is 5.73 Å². The van der Waals surface area contributed by atoms with Gasteiger partial charge in [-0.15, -0.1) is 12.4 Å². The molecule has 3 fully saturated rings. The minimum Gasteiger partial charge on any atom is -0.327 e. The van der Waals surface area contributed by atoms with Crippen LogP contribution in [-0.4, -0.2) is 37.6 Å². The maximum absolute atomic E-state index is 12.2. The molecule has 0 bridgehead atoms. The van der Waals surface area contributed by atoms with Crippen molar-refractivity contribution < 1.29 is 8.42 Å². The quantitative estimate of drug-likeness (QED) is 0.847. The first-order chi connectivity index (χ1) is 8.06. The van der Waals surface area contributed by atoms with Crippen molar-refractivity contribution in [2.75, 3.05) is 18.8 Å². The highest BCUT2D eigenvalue weighted by molar-refractivity contribution is 7.89. The number of halogens is 1. The minimum atomic E-state index is -3.00. The van der Waals surface area contributed by atoms with Gasteiger partial charge in [0.2, 0.25) is 10.0 Å². The average Bonchev–Trinajstić information content (AvgIpc) is 2.90. The normalized spacial score (nSPS) is 36.4. The van der Waals surface area contributed by atoms with Crippen LogP contribution in [0.15, 0.2) is 0 Å². The second kappa shape index (κ2) is 5.27. The SMILES string of the molecule is Cl.NC1CCC2CN(S(=O)(=O)CCC3CC3)CC12. The molecule has 4 nitrogen and oxygen atoms in total. The van der Waals surface area contributed by atoms with E-state index in [-0.39, 0.29) is 18.4 Å². The lowest BCUT2D eigenvalue weighted by Gasteiger charge is -2.18. The molecule has 6 heteroatoms. The molecule has 0 aromatic heterocycles. The van der Waals surface area contributed by atoms with Crippen molar-refractivity contribution in [3.05, 3.63) is 0 Å². The smallest absolute Gasteiger partial charge is 0.214 e. The van der Waals surface area contributed by atoms with E-state index in [0.717, 1.165) is 25.8 Å². The lowest BCUT2D eigenvalue weighted by Crippen LogP contribution is -2.34. The molecular formula is C12H23ClN2O2S. The highest BCUT2D eigenvalue weighted by Crippen LogP contribution is 2.39. The molecule has 106 valence electrons. The molecule has 2 aliphatic carbocycles. The Kier molecular flexibility index (Phi) is 4.26. The third-order valence-corrected chi connectivity index (χ3v) is 6.59. The number of sulfonamides is 1. The highest BCUT2D eigenvalue weighted by atomic mass is 35.5. The monoisotopic (exact) mass is 294 g/mol. The van der Waals surface area contributed by atoms with Crippen LogP contribution < -0.4 is 5.73 Å². The van der Waals surface area contributed by atoms with Crippen molar-refractivity contribution in [2.45, 2.75) is 38.1 Å². The van der Waals surface area contributed by atoms with E-state index in [0.29, 0.717) is 30.1 Å². The summed E-state index contributed by atoms with van der Waals surface area (Å²) in [6.07, 6.45) is 5.50. The van der Waals surface area contributed by atoms with Gasteiger partial charge in [-0.05, 0) is 37.0 Å². The van der Waals surface area contributed by atoms with Gasteiger partial charge in [0.05, 0.1) is 5.75 Å². The second-order valence-electron chi connectivity index (χ2n) is 6.03. The molecule has 3 rings (SSSR count). The highest BCUT2D eigenvalue weighted by Gasteiger charge is 2.44. The number of fused-ring (bicyclic) bond motifs is 1. The van der Waals surface area contributed by atoms with Crippen molar-refractivity contribution in [2.24, 2.45) is 23.5 Å². The van der Waals surface area contributed by atoms with E-state index in [1.165, 1.54) is 12.8 Å². The van der Waals surface area contributed by atoms with Gasteiger partial charge in [-0.25, -0.2) is 12.7 Å². The Balaban J connectivity index is 0.00000120. The van der Waals surface area contributed by atoms with Crippen molar-refractivity contribution in [3.8, 4) is 0 Å². The first kappa shape index (κ1) is 14.6. The molecule has 1 aliphatic heterocycles. The minimum absolute atomic E-state index is 0. The summed E-state index contributed by atoms with van der Waals surface area (Å²) in [4.78, 5) is 0. The molecule has 3 aliphatic rings. The summed E-state index contributed by atoms with van der Waals surface area (Å²) in [6.45, 7) is 1.41. The van der Waals surface area contributed by atoms with Gasteiger partial charge in [-0.3, -0.25) is 0 Å². The molecule has 0 aromatic rings. The zero-order chi connectivity index (χ0) is 12.0. The Morgan fingerprint density at radius 3 is 2.44 bits per heavy atom. The largest absolute Gasteiger partial charge is 0.327 e. The lowest BCUT2D eigenvalue weighted by atomic mass is 9.98. The fourth-order valence-corrected chi connectivity index (χ4v) is 5.05. The molecule has 3 unspecified atom stereocenters. The number of nitrogens with two attached hydrogens (primary N) is 1. The van der Waals surface area contributed by atoms with Gasteiger partial charge in [0.15, 0.2) is 0 Å². The summed E-state index contributed by atoms with van der Waals surface area (Å²) < 4.78 is 26.1. The molecule has 0 spiro atoms. The zero-order valence-electron chi connectivity index (χ0n) is 10.6. The zero-order valence-corrected chi connectivity index (χ0v) is 12.3. The van der Waals surface area contributed by atoms with Crippen LogP contribution in [0.25, 0.3) is 0 Å². The van der Waals surface area contributed by atoms with Gasteiger partial charge in [0.1, 0.15) is 0 Å². The van der Waals surface area contributed by atoms with Gasteiger partial charge < -0.3 is 5.73 Å². The van der Waals surface area contributed by atoms with Gasteiger partial charge >= 0.3 is 0 Å². The summed E-state index contributed by atoms with van der Waals surface area (Å²) in [5.41, 5.74) is 6.04. The van der Waals surface area contributed by atoms with Crippen LogP contribution in [0, 0.1) is 17.8 Å². The predicted molar refractivity (Wildman–Crippen MR) is 74.1 cm³/mol.